The minimum Gasteiger partial charge on any atom is -0.356 e. The smallest absolute Gasteiger partial charge is 0.246 e. The van der Waals surface area contributed by atoms with Crippen molar-refractivity contribution in [3.63, 3.8) is 0 Å². The van der Waals surface area contributed by atoms with Gasteiger partial charge in [0.25, 0.3) is 0 Å². The topological polar surface area (TPSA) is 23.6 Å². The van der Waals surface area contributed by atoms with Gasteiger partial charge >= 0.3 is 0 Å². The van der Waals surface area contributed by atoms with Crippen molar-refractivity contribution in [3.8, 4) is 0 Å². The van der Waals surface area contributed by atoms with Crippen LogP contribution in [-0.4, -0.2) is 19.5 Å². The van der Waals surface area contributed by atoms with Crippen molar-refractivity contribution in [1.29, 1.82) is 0 Å². The molecule has 0 unspecified atom stereocenters. The predicted octanol–water partition coefficient (Wildman–Crippen LogP) is 2.67. The van der Waals surface area contributed by atoms with E-state index in [1.54, 1.807) is 4.90 Å². The van der Waals surface area contributed by atoms with Crippen molar-refractivity contribution in [1.82, 2.24) is 0 Å². The third-order valence-corrected chi connectivity index (χ3v) is 3.50. The molecule has 96 valence electrons. The number of carbonyl (C=O) groups excluding carboxylic acids is 1. The van der Waals surface area contributed by atoms with Crippen LogP contribution in [0.4, 0.5) is 11.4 Å². The van der Waals surface area contributed by atoms with Gasteiger partial charge in [-0.1, -0.05) is 42.5 Å². The van der Waals surface area contributed by atoms with Gasteiger partial charge in [0.05, 0.1) is 17.9 Å². The molecule has 2 aromatic rings. The van der Waals surface area contributed by atoms with Crippen LogP contribution in [0, 0.1) is 0 Å². The van der Waals surface area contributed by atoms with E-state index in [9.17, 15) is 4.79 Å². The molecule has 1 amide bonds. The minimum atomic E-state index is 0.134. The largest absolute Gasteiger partial charge is 0.356 e. The molecule has 0 fully saturated rings. The highest BCUT2D eigenvalue weighted by Crippen LogP contribution is 2.33. The summed E-state index contributed by atoms with van der Waals surface area (Å²) in [4.78, 5) is 15.9. The van der Waals surface area contributed by atoms with Crippen molar-refractivity contribution in [2.24, 2.45) is 0 Å². The van der Waals surface area contributed by atoms with E-state index in [4.69, 9.17) is 0 Å². The second kappa shape index (κ2) is 4.76. The number of fused-ring (bicyclic) bond motifs is 1. The zero-order valence-electron chi connectivity index (χ0n) is 10.9. The quantitative estimate of drug-likeness (QED) is 0.820. The van der Waals surface area contributed by atoms with Gasteiger partial charge in [-0.05, 0) is 17.7 Å². The van der Waals surface area contributed by atoms with Crippen molar-refractivity contribution in [2.45, 2.75) is 6.54 Å². The first-order valence-corrected chi connectivity index (χ1v) is 6.40. The molecule has 3 rings (SSSR count). The Morgan fingerprint density at radius 3 is 2.32 bits per heavy atom. The Hall–Kier alpha value is -2.29. The van der Waals surface area contributed by atoms with Crippen LogP contribution in [-0.2, 0) is 11.3 Å². The van der Waals surface area contributed by atoms with Crippen LogP contribution in [0.3, 0.4) is 0 Å². The predicted molar refractivity (Wildman–Crippen MR) is 77.3 cm³/mol. The van der Waals surface area contributed by atoms with Crippen molar-refractivity contribution < 1.29 is 4.79 Å². The summed E-state index contributed by atoms with van der Waals surface area (Å²) < 4.78 is 0. The fourth-order valence-corrected chi connectivity index (χ4v) is 2.45. The molecule has 0 aromatic heterocycles. The second-order valence-electron chi connectivity index (χ2n) is 4.78. The molecule has 0 saturated carbocycles. The molecule has 0 aliphatic carbocycles. The molecular formula is C16H16N2O. The van der Waals surface area contributed by atoms with Crippen LogP contribution in [0.15, 0.2) is 54.6 Å². The summed E-state index contributed by atoms with van der Waals surface area (Å²) in [5.41, 5.74) is 3.32. The maximum Gasteiger partial charge on any atom is 0.246 e. The highest BCUT2D eigenvalue weighted by atomic mass is 16.2. The van der Waals surface area contributed by atoms with Gasteiger partial charge in [0.15, 0.2) is 0 Å². The van der Waals surface area contributed by atoms with Crippen LogP contribution in [0.25, 0.3) is 0 Å². The fourth-order valence-electron chi connectivity index (χ4n) is 2.45. The number of benzene rings is 2. The molecular weight excluding hydrogens is 236 g/mol. The first-order chi connectivity index (χ1) is 9.25. The standard InChI is InChI=1S/C16H16N2O/c1-17-14-9-5-6-10-15(14)18(12-16(17)19)11-13-7-3-2-4-8-13/h2-10H,11-12H2,1H3. The van der Waals surface area contributed by atoms with E-state index in [0.717, 1.165) is 17.9 Å². The summed E-state index contributed by atoms with van der Waals surface area (Å²) in [7, 11) is 1.83. The normalized spacial score (nSPS) is 14.5. The van der Waals surface area contributed by atoms with Crippen LogP contribution in [0.5, 0.6) is 0 Å². The number of nitrogens with zero attached hydrogens (tertiary/aromatic N) is 2. The van der Waals surface area contributed by atoms with E-state index >= 15 is 0 Å². The SMILES string of the molecule is CN1C(=O)CN(Cc2ccccc2)c2ccccc21. The highest BCUT2D eigenvalue weighted by Gasteiger charge is 2.25. The number of hydrogen-bond acceptors (Lipinski definition) is 2. The van der Waals surface area contributed by atoms with Gasteiger partial charge < -0.3 is 9.80 Å². The molecule has 0 saturated heterocycles. The van der Waals surface area contributed by atoms with Gasteiger partial charge in [0.2, 0.25) is 5.91 Å². The lowest BCUT2D eigenvalue weighted by molar-refractivity contribution is -0.117. The van der Waals surface area contributed by atoms with E-state index in [2.05, 4.69) is 23.1 Å². The van der Waals surface area contributed by atoms with Crippen LogP contribution < -0.4 is 9.80 Å². The molecule has 0 spiro atoms. The van der Waals surface area contributed by atoms with Gasteiger partial charge in [0, 0.05) is 13.6 Å². The molecule has 3 nitrogen and oxygen atoms in total. The molecule has 0 atom stereocenters. The first-order valence-electron chi connectivity index (χ1n) is 6.40. The van der Waals surface area contributed by atoms with Crippen molar-refractivity contribution in [2.75, 3.05) is 23.4 Å². The number of para-hydroxylation sites is 2. The number of hydrogen-bond donors (Lipinski definition) is 0. The van der Waals surface area contributed by atoms with Crippen LogP contribution in [0.1, 0.15) is 5.56 Å². The van der Waals surface area contributed by atoms with Gasteiger partial charge in [-0.25, -0.2) is 0 Å². The Labute approximate surface area is 113 Å². The molecule has 0 radical (unpaired) electrons. The summed E-state index contributed by atoms with van der Waals surface area (Å²) in [6.07, 6.45) is 0. The average Bonchev–Trinajstić information content (AvgIpc) is 2.46. The van der Waals surface area contributed by atoms with E-state index < -0.39 is 0 Å². The summed E-state index contributed by atoms with van der Waals surface area (Å²) in [6, 6.07) is 18.3. The van der Waals surface area contributed by atoms with Crippen molar-refractivity contribution >= 4 is 17.3 Å². The molecule has 1 aliphatic heterocycles. The molecule has 1 heterocycles. The zero-order chi connectivity index (χ0) is 13.2. The Morgan fingerprint density at radius 1 is 0.947 bits per heavy atom. The molecule has 0 N–H and O–H groups in total. The highest BCUT2D eigenvalue weighted by molar-refractivity contribution is 6.02. The lowest BCUT2D eigenvalue weighted by atomic mass is 10.1. The summed E-state index contributed by atoms with van der Waals surface area (Å²) >= 11 is 0. The number of anilines is 2. The molecule has 1 aliphatic rings. The summed E-state index contributed by atoms with van der Waals surface area (Å²) in [5.74, 6) is 0.134. The van der Waals surface area contributed by atoms with Gasteiger partial charge in [-0.2, -0.15) is 0 Å². The van der Waals surface area contributed by atoms with Crippen LogP contribution >= 0.6 is 0 Å². The van der Waals surface area contributed by atoms with E-state index in [0.29, 0.717) is 6.54 Å². The second-order valence-corrected chi connectivity index (χ2v) is 4.78. The average molecular weight is 252 g/mol. The molecule has 3 heteroatoms. The van der Waals surface area contributed by atoms with E-state index in [-0.39, 0.29) is 5.91 Å². The number of carbonyl (C=O) groups is 1. The lowest BCUT2D eigenvalue weighted by Gasteiger charge is -2.35. The summed E-state index contributed by atoms with van der Waals surface area (Å²) in [5, 5.41) is 0. The maximum atomic E-state index is 12.0. The molecule has 2 aromatic carbocycles. The van der Waals surface area contributed by atoms with Crippen LogP contribution in [0.2, 0.25) is 0 Å². The fraction of sp³-hybridized carbons (Fsp3) is 0.188. The zero-order valence-corrected chi connectivity index (χ0v) is 10.9. The number of amides is 1. The Morgan fingerprint density at radius 2 is 1.58 bits per heavy atom. The lowest BCUT2D eigenvalue weighted by Crippen LogP contribution is -2.43. The third kappa shape index (κ3) is 2.19. The number of likely N-dealkylation sites (N-methyl/N-ethyl adjacent to an activating group) is 1. The third-order valence-electron chi connectivity index (χ3n) is 3.50. The maximum absolute atomic E-state index is 12.0. The molecule has 19 heavy (non-hydrogen) atoms. The van der Waals surface area contributed by atoms with E-state index in [1.807, 2.05) is 43.4 Å². The first kappa shape index (κ1) is 11.8. The molecule has 0 bridgehead atoms. The summed E-state index contributed by atoms with van der Waals surface area (Å²) in [6.45, 7) is 1.19. The van der Waals surface area contributed by atoms with Gasteiger partial charge in [0.1, 0.15) is 0 Å². The Bertz CT molecular complexity index is 595. The Balaban J connectivity index is 1.95. The van der Waals surface area contributed by atoms with Gasteiger partial charge in [-0.3, -0.25) is 4.79 Å². The monoisotopic (exact) mass is 252 g/mol. The van der Waals surface area contributed by atoms with Crippen molar-refractivity contribution in [3.05, 3.63) is 60.2 Å². The Kier molecular flexibility index (Phi) is 2.95. The van der Waals surface area contributed by atoms with Gasteiger partial charge in [-0.15, -0.1) is 0 Å². The van der Waals surface area contributed by atoms with E-state index in [1.165, 1.54) is 5.56 Å². The number of rotatable bonds is 2. The minimum absolute atomic E-state index is 0.134.